The van der Waals surface area contributed by atoms with Crippen LogP contribution in [-0.2, 0) is 13.0 Å². The van der Waals surface area contributed by atoms with Crippen molar-refractivity contribution in [2.75, 3.05) is 0 Å². The van der Waals surface area contributed by atoms with Crippen molar-refractivity contribution in [2.45, 2.75) is 45.6 Å². The van der Waals surface area contributed by atoms with Crippen LogP contribution in [0, 0.1) is 0 Å². The quantitative estimate of drug-likeness (QED) is 0.679. The van der Waals surface area contributed by atoms with E-state index in [2.05, 4.69) is 23.4 Å². The van der Waals surface area contributed by atoms with Crippen LogP contribution < -0.4 is 0 Å². The van der Waals surface area contributed by atoms with Gasteiger partial charge >= 0.3 is 0 Å². The maximum absolute atomic E-state index is 6.08. The van der Waals surface area contributed by atoms with Crippen molar-refractivity contribution in [3.05, 3.63) is 16.7 Å². The van der Waals surface area contributed by atoms with Gasteiger partial charge in [0.05, 0.1) is 5.69 Å². The Labute approximate surface area is 83.9 Å². The summed E-state index contributed by atoms with van der Waals surface area (Å²) in [6.07, 6.45) is 3.61. The molecule has 0 fully saturated rings. The number of fused-ring (bicyclic) bond motifs is 1. The third kappa shape index (κ3) is 1.48. The first-order valence-electron chi connectivity index (χ1n) is 4.95. The monoisotopic (exact) mass is 198 g/mol. The molecule has 0 amide bonds. The van der Waals surface area contributed by atoms with Gasteiger partial charge in [-0.3, -0.25) is 0 Å². The predicted molar refractivity (Wildman–Crippen MR) is 54.3 cm³/mol. The summed E-state index contributed by atoms with van der Waals surface area (Å²) in [6, 6.07) is 0. The Morgan fingerprint density at radius 1 is 1.38 bits per heavy atom. The maximum Gasteiger partial charge on any atom is 0.150 e. The molecule has 0 saturated carbocycles. The Balaban J connectivity index is 2.47. The third-order valence-electron chi connectivity index (χ3n) is 2.61. The van der Waals surface area contributed by atoms with E-state index < -0.39 is 0 Å². The molecule has 0 aromatic carbocycles. The summed E-state index contributed by atoms with van der Waals surface area (Å²) in [5, 5.41) is 0.725. The molecule has 0 atom stereocenters. The molecule has 3 heteroatoms. The minimum atomic E-state index is 0.476. The number of halogens is 1. The molecular weight excluding hydrogens is 184 g/mol. The lowest BCUT2D eigenvalue weighted by Gasteiger charge is -2.17. The first-order valence-corrected chi connectivity index (χ1v) is 5.32. The van der Waals surface area contributed by atoms with Gasteiger partial charge in [0.15, 0.2) is 5.15 Å². The summed E-state index contributed by atoms with van der Waals surface area (Å²) in [4.78, 5) is 4.42. The van der Waals surface area contributed by atoms with Crippen molar-refractivity contribution in [2.24, 2.45) is 0 Å². The van der Waals surface area contributed by atoms with Crippen molar-refractivity contribution in [1.29, 1.82) is 0 Å². The van der Waals surface area contributed by atoms with Crippen LogP contribution in [0.5, 0.6) is 0 Å². The molecule has 72 valence electrons. The van der Waals surface area contributed by atoms with Gasteiger partial charge in [-0.25, -0.2) is 4.98 Å². The molecule has 0 radical (unpaired) electrons. The first-order chi connectivity index (χ1) is 6.20. The van der Waals surface area contributed by atoms with Crippen molar-refractivity contribution >= 4 is 11.6 Å². The zero-order chi connectivity index (χ0) is 9.42. The average molecular weight is 199 g/mol. The van der Waals surface area contributed by atoms with E-state index in [1.165, 1.54) is 18.5 Å². The van der Waals surface area contributed by atoms with Gasteiger partial charge in [-0.05, 0) is 19.3 Å². The number of nitrogens with zero attached hydrogens (tertiary/aromatic N) is 2. The van der Waals surface area contributed by atoms with Crippen molar-refractivity contribution < 1.29 is 0 Å². The number of imidazole rings is 1. The molecule has 1 aromatic rings. The zero-order valence-electron chi connectivity index (χ0n) is 8.18. The van der Waals surface area contributed by atoms with Crippen molar-refractivity contribution in [3.8, 4) is 0 Å². The molecular formula is C10H15ClN2. The van der Waals surface area contributed by atoms with E-state index in [1.807, 2.05) is 0 Å². The van der Waals surface area contributed by atoms with E-state index in [4.69, 9.17) is 11.6 Å². The highest BCUT2D eigenvalue weighted by Gasteiger charge is 2.19. The zero-order valence-corrected chi connectivity index (χ0v) is 8.93. The molecule has 0 N–H and O–H groups in total. The molecule has 1 aromatic heterocycles. The van der Waals surface area contributed by atoms with Crippen LogP contribution in [-0.4, -0.2) is 9.55 Å². The molecule has 0 saturated heterocycles. The maximum atomic E-state index is 6.08. The van der Waals surface area contributed by atoms with Gasteiger partial charge in [-0.15, -0.1) is 0 Å². The van der Waals surface area contributed by atoms with Gasteiger partial charge in [-0.2, -0.15) is 0 Å². The van der Waals surface area contributed by atoms with E-state index in [9.17, 15) is 0 Å². The van der Waals surface area contributed by atoms with Crippen LogP contribution in [0.15, 0.2) is 0 Å². The van der Waals surface area contributed by atoms with E-state index in [0.29, 0.717) is 5.92 Å². The molecule has 0 bridgehead atoms. The van der Waals surface area contributed by atoms with Gasteiger partial charge < -0.3 is 4.57 Å². The van der Waals surface area contributed by atoms with Gasteiger partial charge in [-0.1, -0.05) is 25.4 Å². The Hall–Kier alpha value is -0.500. The lowest BCUT2D eigenvalue weighted by molar-refractivity contribution is 0.504. The van der Waals surface area contributed by atoms with Crippen LogP contribution in [0.25, 0.3) is 0 Å². The molecule has 0 aliphatic carbocycles. The normalized spacial score (nSPS) is 16.3. The highest BCUT2D eigenvalue weighted by Crippen LogP contribution is 2.27. The second-order valence-electron chi connectivity index (χ2n) is 3.97. The Kier molecular flexibility index (Phi) is 2.33. The van der Waals surface area contributed by atoms with Gasteiger partial charge in [0.25, 0.3) is 0 Å². The lowest BCUT2D eigenvalue weighted by atomic mass is 10.1. The van der Waals surface area contributed by atoms with Crippen LogP contribution in [0.1, 0.15) is 44.1 Å². The second-order valence-corrected chi connectivity index (χ2v) is 4.33. The van der Waals surface area contributed by atoms with Gasteiger partial charge in [0.2, 0.25) is 0 Å². The van der Waals surface area contributed by atoms with Crippen LogP contribution in [0.2, 0.25) is 5.15 Å². The fourth-order valence-corrected chi connectivity index (χ4v) is 2.25. The molecule has 2 heterocycles. The Bertz CT molecular complexity index is 315. The smallest absolute Gasteiger partial charge is 0.150 e. The van der Waals surface area contributed by atoms with Crippen LogP contribution >= 0.6 is 11.6 Å². The minimum Gasteiger partial charge on any atom is -0.330 e. The van der Waals surface area contributed by atoms with Crippen LogP contribution in [0.4, 0.5) is 0 Å². The molecule has 0 unspecified atom stereocenters. The summed E-state index contributed by atoms with van der Waals surface area (Å²) in [5.74, 6) is 1.63. The van der Waals surface area contributed by atoms with Crippen molar-refractivity contribution in [1.82, 2.24) is 9.55 Å². The van der Waals surface area contributed by atoms with Crippen molar-refractivity contribution in [3.63, 3.8) is 0 Å². The summed E-state index contributed by atoms with van der Waals surface area (Å²) in [5.41, 5.74) is 1.25. The summed E-state index contributed by atoms with van der Waals surface area (Å²) in [6.45, 7) is 5.43. The lowest BCUT2D eigenvalue weighted by Crippen LogP contribution is -2.13. The largest absolute Gasteiger partial charge is 0.330 e. The fourth-order valence-electron chi connectivity index (χ4n) is 1.97. The fraction of sp³-hybridized carbons (Fsp3) is 0.700. The first kappa shape index (κ1) is 9.07. The highest BCUT2D eigenvalue weighted by atomic mass is 35.5. The molecule has 13 heavy (non-hydrogen) atoms. The van der Waals surface area contributed by atoms with E-state index in [0.717, 1.165) is 23.9 Å². The summed E-state index contributed by atoms with van der Waals surface area (Å²) >= 11 is 6.08. The topological polar surface area (TPSA) is 17.8 Å². The third-order valence-corrected chi connectivity index (χ3v) is 2.92. The Morgan fingerprint density at radius 2 is 2.15 bits per heavy atom. The van der Waals surface area contributed by atoms with E-state index >= 15 is 0 Å². The van der Waals surface area contributed by atoms with E-state index in [-0.39, 0.29) is 0 Å². The Morgan fingerprint density at radius 3 is 2.85 bits per heavy atom. The van der Waals surface area contributed by atoms with E-state index in [1.54, 1.807) is 0 Å². The molecule has 2 nitrogen and oxygen atoms in total. The molecule has 1 aliphatic heterocycles. The summed E-state index contributed by atoms with van der Waals surface area (Å²) in [7, 11) is 0. The molecule has 0 spiro atoms. The number of aromatic nitrogens is 2. The number of hydrogen-bond donors (Lipinski definition) is 0. The van der Waals surface area contributed by atoms with Gasteiger partial charge in [0, 0.05) is 12.5 Å². The highest BCUT2D eigenvalue weighted by molar-refractivity contribution is 6.30. The number of rotatable bonds is 1. The average Bonchev–Trinajstić information content (AvgIpc) is 2.45. The minimum absolute atomic E-state index is 0.476. The number of hydrogen-bond acceptors (Lipinski definition) is 1. The second kappa shape index (κ2) is 3.33. The standard InChI is InChI=1S/C10H15ClN2/c1-7(2)10-12-9(11)8-5-3-4-6-13(8)10/h7H,3-6H2,1-2H3. The predicted octanol–water partition coefficient (Wildman–Crippen LogP) is 3.00. The SMILES string of the molecule is CC(C)c1nc(Cl)c2n1CCCC2. The molecule has 1 aliphatic rings. The van der Waals surface area contributed by atoms with Gasteiger partial charge in [0.1, 0.15) is 5.82 Å². The van der Waals surface area contributed by atoms with Crippen LogP contribution in [0.3, 0.4) is 0 Å². The molecule has 2 rings (SSSR count). The summed E-state index contributed by atoms with van der Waals surface area (Å²) < 4.78 is 2.30.